The molecule has 166 valence electrons. The summed E-state index contributed by atoms with van der Waals surface area (Å²) in [6, 6.07) is 11.6. The molecule has 2 amide bonds. The lowest BCUT2D eigenvalue weighted by molar-refractivity contribution is 0.0770. The maximum atomic E-state index is 12.6. The molecule has 4 rings (SSSR count). The zero-order chi connectivity index (χ0) is 22.8. The SMILES string of the molecule is NC(=O)c1nn(-c2c(Cl)cccc2Cl)nc1Nc1ccc(C(=O)N2CC[S+]([O-])CC2)cc1. The largest absolute Gasteiger partial charge is 0.616 e. The van der Waals surface area contributed by atoms with E-state index in [0.717, 1.165) is 4.80 Å². The number of nitrogens with zero attached hydrogens (tertiary/aromatic N) is 4. The van der Waals surface area contributed by atoms with Crippen LogP contribution in [0.25, 0.3) is 5.69 Å². The third-order valence-electron chi connectivity index (χ3n) is 4.84. The molecular weight excluding hydrogens is 475 g/mol. The smallest absolute Gasteiger partial charge is 0.273 e. The Labute approximate surface area is 196 Å². The van der Waals surface area contributed by atoms with E-state index in [9.17, 15) is 14.1 Å². The number of anilines is 2. The second-order valence-electron chi connectivity index (χ2n) is 6.96. The number of hydrogen-bond acceptors (Lipinski definition) is 6. The molecule has 3 aromatic rings. The van der Waals surface area contributed by atoms with Gasteiger partial charge in [0.1, 0.15) is 17.2 Å². The third kappa shape index (κ3) is 4.68. The zero-order valence-electron chi connectivity index (χ0n) is 16.6. The Morgan fingerprint density at radius 2 is 1.66 bits per heavy atom. The summed E-state index contributed by atoms with van der Waals surface area (Å²) < 4.78 is 11.5. The number of amides is 2. The summed E-state index contributed by atoms with van der Waals surface area (Å²) in [7, 11) is 0. The first-order valence-electron chi connectivity index (χ1n) is 9.56. The number of benzene rings is 2. The van der Waals surface area contributed by atoms with Crippen molar-refractivity contribution in [2.45, 2.75) is 0 Å². The molecule has 0 saturated carbocycles. The molecular formula is C20H18Cl2N6O3S. The van der Waals surface area contributed by atoms with E-state index in [1.54, 1.807) is 47.4 Å². The van der Waals surface area contributed by atoms with E-state index >= 15 is 0 Å². The van der Waals surface area contributed by atoms with Crippen molar-refractivity contribution in [3.8, 4) is 5.69 Å². The van der Waals surface area contributed by atoms with Gasteiger partial charge in [-0.3, -0.25) is 9.59 Å². The number of carbonyl (C=O) groups is 2. The first-order valence-corrected chi connectivity index (χ1v) is 11.8. The first-order chi connectivity index (χ1) is 15.3. The van der Waals surface area contributed by atoms with Crippen LogP contribution in [0, 0.1) is 0 Å². The van der Waals surface area contributed by atoms with Gasteiger partial charge < -0.3 is 20.5 Å². The topological polar surface area (TPSA) is 129 Å². The molecule has 3 N–H and O–H groups in total. The standard InChI is InChI=1S/C20H18Cl2N6O3S/c21-14-2-1-3-15(22)17(14)28-25-16(18(23)29)19(26-28)24-13-6-4-12(5-7-13)20(30)27-8-10-32(31)11-9-27/h1-7H,8-11H2,(H2,23,29)(H,24,26). The molecule has 32 heavy (non-hydrogen) atoms. The van der Waals surface area contributed by atoms with E-state index in [1.807, 2.05) is 0 Å². The van der Waals surface area contributed by atoms with Crippen LogP contribution in [-0.2, 0) is 11.2 Å². The fourth-order valence-electron chi connectivity index (χ4n) is 3.19. The molecule has 2 heterocycles. The van der Waals surface area contributed by atoms with Crippen molar-refractivity contribution in [1.29, 1.82) is 0 Å². The predicted octanol–water partition coefficient (Wildman–Crippen LogP) is 2.62. The Morgan fingerprint density at radius 3 is 2.25 bits per heavy atom. The highest BCUT2D eigenvalue weighted by Gasteiger charge is 2.24. The van der Waals surface area contributed by atoms with Crippen LogP contribution < -0.4 is 11.1 Å². The van der Waals surface area contributed by atoms with Crippen LogP contribution in [0.4, 0.5) is 11.5 Å². The zero-order valence-corrected chi connectivity index (χ0v) is 19.0. The maximum absolute atomic E-state index is 12.6. The summed E-state index contributed by atoms with van der Waals surface area (Å²) in [6.45, 7) is 0.947. The van der Waals surface area contributed by atoms with Gasteiger partial charge in [0, 0.05) is 11.3 Å². The fraction of sp³-hybridized carbons (Fsp3) is 0.200. The quantitative estimate of drug-likeness (QED) is 0.526. The number of primary amides is 1. The minimum absolute atomic E-state index is 0.0949. The molecule has 0 unspecified atom stereocenters. The van der Waals surface area contributed by atoms with Crippen LogP contribution in [0.15, 0.2) is 42.5 Å². The molecule has 1 saturated heterocycles. The van der Waals surface area contributed by atoms with Crippen molar-refractivity contribution in [2.24, 2.45) is 5.73 Å². The number of nitrogens with two attached hydrogens (primary N) is 1. The number of hydrogen-bond donors (Lipinski definition) is 2. The summed E-state index contributed by atoms with van der Waals surface area (Å²) in [4.78, 5) is 27.4. The Kier molecular flexibility index (Phi) is 6.56. The van der Waals surface area contributed by atoms with Crippen LogP contribution in [0.3, 0.4) is 0 Å². The molecule has 0 bridgehead atoms. The molecule has 1 aliphatic rings. The summed E-state index contributed by atoms with van der Waals surface area (Å²) in [6.07, 6.45) is 0. The highest BCUT2D eigenvalue weighted by Crippen LogP contribution is 2.29. The van der Waals surface area contributed by atoms with Crippen molar-refractivity contribution < 1.29 is 14.1 Å². The van der Waals surface area contributed by atoms with E-state index in [1.165, 1.54) is 0 Å². The van der Waals surface area contributed by atoms with Crippen molar-refractivity contribution in [3.05, 3.63) is 63.8 Å². The lowest BCUT2D eigenvalue weighted by Crippen LogP contribution is -2.43. The molecule has 1 aromatic heterocycles. The van der Waals surface area contributed by atoms with Gasteiger partial charge in [-0.05, 0) is 36.4 Å². The van der Waals surface area contributed by atoms with Crippen LogP contribution in [-0.4, -0.2) is 60.9 Å². The lowest BCUT2D eigenvalue weighted by Gasteiger charge is -2.28. The fourth-order valence-corrected chi connectivity index (χ4v) is 4.79. The van der Waals surface area contributed by atoms with Crippen molar-refractivity contribution >= 4 is 57.7 Å². The van der Waals surface area contributed by atoms with Gasteiger partial charge in [0.25, 0.3) is 11.8 Å². The van der Waals surface area contributed by atoms with Gasteiger partial charge in [-0.2, -0.15) is 0 Å². The van der Waals surface area contributed by atoms with Gasteiger partial charge >= 0.3 is 0 Å². The van der Waals surface area contributed by atoms with Gasteiger partial charge in [-0.15, -0.1) is 15.0 Å². The second-order valence-corrected chi connectivity index (χ2v) is 9.47. The molecule has 1 aliphatic heterocycles. The van der Waals surface area contributed by atoms with Crippen molar-refractivity contribution in [3.63, 3.8) is 0 Å². The van der Waals surface area contributed by atoms with E-state index in [-0.39, 0.29) is 17.4 Å². The molecule has 12 heteroatoms. The average molecular weight is 493 g/mol. The highest BCUT2D eigenvalue weighted by molar-refractivity contribution is 7.91. The Morgan fingerprint density at radius 1 is 1.03 bits per heavy atom. The third-order valence-corrected chi connectivity index (χ3v) is 6.73. The Hall–Kier alpha value is -2.79. The number of halogens is 2. The van der Waals surface area contributed by atoms with Crippen LogP contribution in [0.2, 0.25) is 10.0 Å². The first kappa shape index (κ1) is 22.4. The Bertz CT molecular complexity index is 1140. The monoisotopic (exact) mass is 492 g/mol. The highest BCUT2D eigenvalue weighted by atomic mass is 35.5. The predicted molar refractivity (Wildman–Crippen MR) is 123 cm³/mol. The maximum Gasteiger partial charge on any atom is 0.273 e. The minimum atomic E-state index is -0.854. The van der Waals surface area contributed by atoms with Gasteiger partial charge in [0.05, 0.1) is 23.1 Å². The molecule has 9 nitrogen and oxygen atoms in total. The summed E-state index contributed by atoms with van der Waals surface area (Å²) in [5.74, 6) is 0.200. The van der Waals surface area contributed by atoms with E-state index in [2.05, 4.69) is 15.5 Å². The van der Waals surface area contributed by atoms with Gasteiger partial charge in [0.2, 0.25) is 0 Å². The second kappa shape index (κ2) is 9.37. The molecule has 0 atom stereocenters. The molecule has 0 aliphatic carbocycles. The minimum Gasteiger partial charge on any atom is -0.616 e. The van der Waals surface area contributed by atoms with Gasteiger partial charge in [0.15, 0.2) is 11.5 Å². The average Bonchev–Trinajstić information content (AvgIpc) is 3.18. The van der Waals surface area contributed by atoms with Gasteiger partial charge in [-0.25, -0.2) is 0 Å². The summed E-state index contributed by atoms with van der Waals surface area (Å²) in [5.41, 5.74) is 6.75. The van der Waals surface area contributed by atoms with Crippen molar-refractivity contribution in [1.82, 2.24) is 19.9 Å². The molecule has 0 radical (unpaired) electrons. The summed E-state index contributed by atoms with van der Waals surface area (Å²) in [5, 5.41) is 12.0. The summed E-state index contributed by atoms with van der Waals surface area (Å²) >= 11 is 11.6. The van der Waals surface area contributed by atoms with Gasteiger partial charge in [-0.1, -0.05) is 40.4 Å². The molecule has 0 spiro atoms. The molecule has 1 fully saturated rings. The lowest BCUT2D eigenvalue weighted by atomic mass is 10.1. The van der Waals surface area contributed by atoms with E-state index in [0.29, 0.717) is 51.6 Å². The molecule has 2 aromatic carbocycles. The number of aromatic nitrogens is 3. The van der Waals surface area contributed by atoms with Crippen LogP contribution >= 0.6 is 23.2 Å². The number of carbonyl (C=O) groups excluding carboxylic acids is 2. The van der Waals surface area contributed by atoms with Crippen LogP contribution in [0.1, 0.15) is 20.8 Å². The normalized spacial score (nSPS) is 14.4. The Balaban J connectivity index is 1.56. The number of nitrogens with one attached hydrogen (secondary N) is 1. The number of para-hydroxylation sites is 1. The number of rotatable bonds is 5. The van der Waals surface area contributed by atoms with Crippen LogP contribution in [0.5, 0.6) is 0 Å². The van der Waals surface area contributed by atoms with E-state index < -0.39 is 17.1 Å². The van der Waals surface area contributed by atoms with Crippen molar-refractivity contribution in [2.75, 3.05) is 29.9 Å². The van der Waals surface area contributed by atoms with E-state index in [4.69, 9.17) is 28.9 Å².